The van der Waals surface area contributed by atoms with E-state index in [1.54, 1.807) is 0 Å². The van der Waals surface area contributed by atoms with Gasteiger partial charge in [0, 0.05) is 12.6 Å². The Labute approximate surface area is 116 Å². The van der Waals surface area contributed by atoms with Gasteiger partial charge in [0.1, 0.15) is 0 Å². The molecule has 0 spiro atoms. The van der Waals surface area contributed by atoms with Gasteiger partial charge in [0.15, 0.2) is 0 Å². The minimum atomic E-state index is -4.38. The van der Waals surface area contributed by atoms with Gasteiger partial charge in [-0.15, -0.1) is 0 Å². The van der Waals surface area contributed by atoms with Crippen molar-refractivity contribution in [1.29, 1.82) is 0 Å². The molecule has 1 aliphatic rings. The van der Waals surface area contributed by atoms with Crippen LogP contribution in [-0.4, -0.2) is 17.7 Å². The Bertz CT molecular complexity index is 470. The largest absolute Gasteiger partial charge is 0.416 e. The minimum absolute atomic E-state index is 0.264. The Morgan fingerprint density at radius 1 is 1.30 bits per heavy atom. The number of hydrogen-bond acceptors (Lipinski definition) is 2. The maximum Gasteiger partial charge on any atom is 0.416 e. The molecular weight excluding hydrogens is 267 g/mol. The maximum atomic E-state index is 12.6. The van der Waals surface area contributed by atoms with Crippen molar-refractivity contribution in [3.8, 4) is 0 Å². The number of alkyl halides is 3. The number of rotatable bonds is 4. The standard InChI is InChI=1S/C15H18F3NO/c16-15(17,18)12-6-4-5-11(9-12)14(20)10-19-13-7-2-1-3-8-13/h1-2,4-6,9,13-14,19-20H,3,7-8,10H2. The van der Waals surface area contributed by atoms with E-state index in [0.29, 0.717) is 11.6 Å². The van der Waals surface area contributed by atoms with E-state index in [1.807, 2.05) is 0 Å². The summed E-state index contributed by atoms with van der Waals surface area (Å²) in [7, 11) is 0. The molecule has 0 bridgehead atoms. The minimum Gasteiger partial charge on any atom is -0.387 e. The number of allylic oxidation sites excluding steroid dienone is 1. The third-order valence-electron chi connectivity index (χ3n) is 3.47. The predicted octanol–water partition coefficient (Wildman–Crippen LogP) is 3.44. The van der Waals surface area contributed by atoms with Crippen molar-refractivity contribution in [2.75, 3.05) is 6.54 Å². The number of aliphatic hydroxyl groups is 1. The normalized spacial score (nSPS) is 20.9. The van der Waals surface area contributed by atoms with E-state index in [4.69, 9.17) is 0 Å². The molecule has 0 fully saturated rings. The molecular formula is C15H18F3NO. The van der Waals surface area contributed by atoms with Crippen LogP contribution in [0.3, 0.4) is 0 Å². The molecule has 110 valence electrons. The number of benzene rings is 1. The first-order chi connectivity index (χ1) is 9.47. The van der Waals surface area contributed by atoms with Gasteiger partial charge in [-0.05, 0) is 37.0 Å². The average molecular weight is 285 g/mol. The Hall–Kier alpha value is -1.33. The lowest BCUT2D eigenvalue weighted by molar-refractivity contribution is -0.137. The van der Waals surface area contributed by atoms with Crippen LogP contribution >= 0.6 is 0 Å². The Morgan fingerprint density at radius 2 is 2.10 bits per heavy atom. The third-order valence-corrected chi connectivity index (χ3v) is 3.47. The highest BCUT2D eigenvalue weighted by Gasteiger charge is 2.30. The lowest BCUT2D eigenvalue weighted by Crippen LogP contribution is -2.33. The fraction of sp³-hybridized carbons (Fsp3) is 0.467. The lowest BCUT2D eigenvalue weighted by atomic mass is 10.0. The smallest absolute Gasteiger partial charge is 0.387 e. The van der Waals surface area contributed by atoms with E-state index >= 15 is 0 Å². The Kier molecular flexibility index (Phi) is 4.83. The van der Waals surface area contributed by atoms with Gasteiger partial charge in [-0.2, -0.15) is 13.2 Å². The van der Waals surface area contributed by atoms with Crippen LogP contribution in [0.4, 0.5) is 13.2 Å². The van der Waals surface area contributed by atoms with Crippen molar-refractivity contribution < 1.29 is 18.3 Å². The zero-order chi connectivity index (χ0) is 14.6. The van der Waals surface area contributed by atoms with Crippen molar-refractivity contribution in [3.05, 3.63) is 47.5 Å². The zero-order valence-electron chi connectivity index (χ0n) is 11.0. The van der Waals surface area contributed by atoms with Crippen molar-refractivity contribution in [3.63, 3.8) is 0 Å². The summed E-state index contributed by atoms with van der Waals surface area (Å²) in [6, 6.07) is 5.15. The summed E-state index contributed by atoms with van der Waals surface area (Å²) in [4.78, 5) is 0. The zero-order valence-corrected chi connectivity index (χ0v) is 11.0. The molecule has 2 nitrogen and oxygen atoms in total. The summed E-state index contributed by atoms with van der Waals surface area (Å²) in [5.74, 6) is 0. The summed E-state index contributed by atoms with van der Waals surface area (Å²) < 4.78 is 37.8. The van der Waals surface area contributed by atoms with Gasteiger partial charge in [-0.25, -0.2) is 0 Å². The summed E-state index contributed by atoms with van der Waals surface area (Å²) in [6.45, 7) is 0.264. The van der Waals surface area contributed by atoms with Crippen LogP contribution in [0.25, 0.3) is 0 Å². The molecule has 2 N–H and O–H groups in total. The number of hydrogen-bond donors (Lipinski definition) is 2. The van der Waals surface area contributed by atoms with Crippen molar-refractivity contribution >= 4 is 0 Å². The predicted molar refractivity (Wildman–Crippen MR) is 71.2 cm³/mol. The van der Waals surface area contributed by atoms with Crippen molar-refractivity contribution in [2.45, 2.75) is 37.6 Å². The van der Waals surface area contributed by atoms with Crippen LogP contribution < -0.4 is 5.32 Å². The molecule has 5 heteroatoms. The van der Waals surface area contributed by atoms with Crippen molar-refractivity contribution in [1.82, 2.24) is 5.32 Å². The SMILES string of the molecule is OC(CNC1CC=CCC1)c1cccc(C(F)(F)F)c1. The van der Waals surface area contributed by atoms with Gasteiger partial charge >= 0.3 is 6.18 Å². The molecule has 2 rings (SSSR count). The molecule has 1 aliphatic carbocycles. The average Bonchev–Trinajstić information content (AvgIpc) is 2.45. The van der Waals surface area contributed by atoms with Gasteiger partial charge < -0.3 is 10.4 Å². The highest BCUT2D eigenvalue weighted by molar-refractivity contribution is 5.27. The highest BCUT2D eigenvalue weighted by atomic mass is 19.4. The van der Waals surface area contributed by atoms with Crippen LogP contribution in [0, 0.1) is 0 Å². The molecule has 20 heavy (non-hydrogen) atoms. The topological polar surface area (TPSA) is 32.3 Å². The second-order valence-corrected chi connectivity index (χ2v) is 5.03. The van der Waals surface area contributed by atoms with Gasteiger partial charge in [0.05, 0.1) is 11.7 Å². The van der Waals surface area contributed by atoms with Crippen LogP contribution in [0.15, 0.2) is 36.4 Å². The van der Waals surface area contributed by atoms with Crippen LogP contribution in [0.5, 0.6) is 0 Å². The second-order valence-electron chi connectivity index (χ2n) is 5.03. The maximum absolute atomic E-state index is 12.6. The van der Waals surface area contributed by atoms with E-state index in [1.165, 1.54) is 12.1 Å². The van der Waals surface area contributed by atoms with Crippen molar-refractivity contribution in [2.24, 2.45) is 0 Å². The fourth-order valence-corrected chi connectivity index (χ4v) is 2.30. The monoisotopic (exact) mass is 285 g/mol. The molecule has 0 heterocycles. The van der Waals surface area contributed by atoms with Gasteiger partial charge in [0.25, 0.3) is 0 Å². The van der Waals surface area contributed by atoms with Crippen LogP contribution in [0.1, 0.15) is 36.5 Å². The first-order valence-electron chi connectivity index (χ1n) is 6.70. The summed E-state index contributed by atoms with van der Waals surface area (Å²) in [5, 5.41) is 13.2. The molecule has 2 atom stereocenters. The molecule has 0 aromatic heterocycles. The highest BCUT2D eigenvalue weighted by Crippen LogP contribution is 2.30. The fourth-order valence-electron chi connectivity index (χ4n) is 2.30. The molecule has 0 amide bonds. The van der Waals surface area contributed by atoms with E-state index in [9.17, 15) is 18.3 Å². The summed E-state index contributed by atoms with van der Waals surface area (Å²) in [6.07, 6.45) is 1.78. The number of nitrogens with one attached hydrogen (secondary N) is 1. The molecule has 1 aromatic rings. The molecule has 1 aromatic carbocycles. The van der Waals surface area contributed by atoms with E-state index in [-0.39, 0.29) is 6.54 Å². The van der Waals surface area contributed by atoms with Gasteiger partial charge in [0.2, 0.25) is 0 Å². The molecule has 2 unspecified atom stereocenters. The van der Waals surface area contributed by atoms with E-state index in [2.05, 4.69) is 17.5 Å². The first-order valence-corrected chi connectivity index (χ1v) is 6.70. The Morgan fingerprint density at radius 3 is 2.75 bits per heavy atom. The second kappa shape index (κ2) is 6.41. The van der Waals surface area contributed by atoms with Crippen LogP contribution in [0.2, 0.25) is 0 Å². The lowest BCUT2D eigenvalue weighted by Gasteiger charge is -2.22. The number of halogens is 3. The van der Waals surface area contributed by atoms with E-state index < -0.39 is 17.8 Å². The Balaban J connectivity index is 1.95. The molecule has 0 radical (unpaired) electrons. The van der Waals surface area contributed by atoms with Crippen LogP contribution in [-0.2, 0) is 6.18 Å². The summed E-state index contributed by atoms with van der Waals surface area (Å²) >= 11 is 0. The third kappa shape index (κ3) is 4.08. The molecule has 0 aliphatic heterocycles. The first kappa shape index (κ1) is 15.1. The molecule has 0 saturated heterocycles. The summed E-state index contributed by atoms with van der Waals surface area (Å²) in [5.41, 5.74) is -0.437. The number of aliphatic hydroxyl groups excluding tert-OH is 1. The van der Waals surface area contributed by atoms with E-state index in [0.717, 1.165) is 31.4 Å². The quantitative estimate of drug-likeness (QED) is 0.831. The molecule has 0 saturated carbocycles. The van der Waals surface area contributed by atoms with Gasteiger partial charge in [-0.3, -0.25) is 0 Å². The van der Waals surface area contributed by atoms with Gasteiger partial charge in [-0.1, -0.05) is 24.3 Å².